The van der Waals surface area contributed by atoms with Crippen LogP contribution in [0.5, 0.6) is 0 Å². The van der Waals surface area contributed by atoms with E-state index in [9.17, 15) is 9.18 Å². The molecule has 0 atom stereocenters. The van der Waals surface area contributed by atoms with Gasteiger partial charge in [0.1, 0.15) is 10.8 Å². The van der Waals surface area contributed by atoms with Gasteiger partial charge in [-0.1, -0.05) is 34.8 Å². The van der Waals surface area contributed by atoms with Crippen molar-refractivity contribution in [2.24, 2.45) is 5.10 Å². The smallest absolute Gasteiger partial charge is 0.348 e. The van der Waals surface area contributed by atoms with Gasteiger partial charge in [-0.25, -0.2) is 9.18 Å². The molecule has 1 rings (SSSR count). The summed E-state index contributed by atoms with van der Waals surface area (Å²) in [4.78, 5) is 10.4. The van der Waals surface area contributed by atoms with Gasteiger partial charge in [0.25, 0.3) is 0 Å². The first kappa shape index (κ1) is 14.8. The summed E-state index contributed by atoms with van der Waals surface area (Å²) in [6.07, 6.45) is 1.01. The molecule has 0 amide bonds. The molecule has 18 heavy (non-hydrogen) atoms. The molecule has 0 spiro atoms. The zero-order valence-corrected chi connectivity index (χ0v) is 10.9. The van der Waals surface area contributed by atoms with E-state index in [2.05, 4.69) is 10.5 Å². The average Bonchev–Trinajstić information content (AvgIpc) is 2.32. The molecule has 0 saturated carbocycles. The Bertz CT molecular complexity index is 532. The first-order valence-electron chi connectivity index (χ1n) is 4.44. The van der Waals surface area contributed by atoms with Crippen molar-refractivity contribution < 1.29 is 14.3 Å². The maximum atomic E-state index is 12.8. The van der Waals surface area contributed by atoms with Gasteiger partial charge >= 0.3 is 5.97 Å². The van der Waals surface area contributed by atoms with Crippen molar-refractivity contribution in [3.05, 3.63) is 39.1 Å². The summed E-state index contributed by atoms with van der Waals surface area (Å²) in [6.45, 7) is 0. The number of hydrogen-bond donors (Lipinski definition) is 2. The average molecular weight is 312 g/mol. The third-order valence-corrected chi connectivity index (χ3v) is 2.73. The van der Waals surface area contributed by atoms with Gasteiger partial charge in [-0.3, -0.25) is 5.43 Å². The second-order valence-corrected chi connectivity index (χ2v) is 4.16. The number of benzene rings is 1. The van der Waals surface area contributed by atoms with Crippen LogP contribution in [-0.4, -0.2) is 17.3 Å². The van der Waals surface area contributed by atoms with E-state index in [4.69, 9.17) is 39.9 Å². The molecule has 0 aliphatic carbocycles. The highest BCUT2D eigenvalue weighted by Gasteiger charge is 2.07. The van der Waals surface area contributed by atoms with Crippen LogP contribution in [0.3, 0.4) is 0 Å². The van der Waals surface area contributed by atoms with Gasteiger partial charge in [-0.15, -0.1) is 0 Å². The van der Waals surface area contributed by atoms with E-state index in [0.717, 1.165) is 12.3 Å². The zero-order chi connectivity index (χ0) is 13.7. The fourth-order valence-corrected chi connectivity index (χ4v) is 1.25. The van der Waals surface area contributed by atoms with E-state index in [0.29, 0.717) is 5.69 Å². The van der Waals surface area contributed by atoms with Crippen LogP contribution in [0.1, 0.15) is 0 Å². The number of hydrogen-bond acceptors (Lipinski definition) is 3. The Labute approximate surface area is 117 Å². The minimum atomic E-state index is -1.36. The highest BCUT2D eigenvalue weighted by atomic mass is 35.5. The molecule has 4 nitrogen and oxygen atoms in total. The molecule has 0 radical (unpaired) electrons. The van der Waals surface area contributed by atoms with Crippen LogP contribution < -0.4 is 5.43 Å². The normalized spacial score (nSPS) is 12.4. The Morgan fingerprint density at radius 3 is 2.67 bits per heavy atom. The number of carboxylic acid groups (broad SMARTS) is 1. The molecule has 1 aromatic carbocycles. The van der Waals surface area contributed by atoms with Crippen LogP contribution in [0.15, 0.2) is 33.4 Å². The Morgan fingerprint density at radius 1 is 1.44 bits per heavy atom. The van der Waals surface area contributed by atoms with Crippen molar-refractivity contribution >= 4 is 52.7 Å². The molecular weight excluding hydrogens is 305 g/mol. The zero-order valence-electron chi connectivity index (χ0n) is 8.62. The molecule has 8 heteroatoms. The highest BCUT2D eigenvalue weighted by molar-refractivity contribution is 6.51. The maximum Gasteiger partial charge on any atom is 0.348 e. The summed E-state index contributed by atoms with van der Waals surface area (Å²) in [5.41, 5.74) is 2.90. The summed E-state index contributed by atoms with van der Waals surface area (Å²) in [6, 6.07) is 3.86. The van der Waals surface area contributed by atoms with E-state index < -0.39 is 16.8 Å². The van der Waals surface area contributed by atoms with Crippen LogP contribution >= 0.6 is 34.8 Å². The van der Waals surface area contributed by atoms with Crippen LogP contribution in [0.4, 0.5) is 10.1 Å². The first-order valence-corrected chi connectivity index (χ1v) is 5.58. The molecule has 0 bridgehead atoms. The quantitative estimate of drug-likeness (QED) is 0.507. The van der Waals surface area contributed by atoms with E-state index in [1.807, 2.05) is 0 Å². The summed E-state index contributed by atoms with van der Waals surface area (Å²) in [5.74, 6) is -1.92. The van der Waals surface area contributed by atoms with Crippen LogP contribution in [0, 0.1) is 5.82 Å². The minimum Gasteiger partial charge on any atom is -0.477 e. The monoisotopic (exact) mass is 310 g/mol. The number of carboxylic acids is 1. The van der Waals surface area contributed by atoms with Gasteiger partial charge < -0.3 is 5.11 Å². The van der Waals surface area contributed by atoms with Gasteiger partial charge in [-0.2, -0.15) is 5.10 Å². The lowest BCUT2D eigenvalue weighted by molar-refractivity contribution is -0.131. The second-order valence-electron chi connectivity index (χ2n) is 2.97. The molecule has 0 aliphatic rings. The Hall–Kier alpha value is -1.30. The predicted molar refractivity (Wildman–Crippen MR) is 69.9 cm³/mol. The number of halogens is 4. The molecule has 96 valence electrons. The Balaban J connectivity index is 2.73. The number of hydrazone groups is 1. The van der Waals surface area contributed by atoms with E-state index in [1.165, 1.54) is 12.1 Å². The third kappa shape index (κ3) is 4.18. The van der Waals surface area contributed by atoms with Crippen molar-refractivity contribution in [3.8, 4) is 0 Å². The van der Waals surface area contributed by atoms with Gasteiger partial charge in [-0.05, 0) is 18.2 Å². The standard InChI is InChI=1S/C10H6Cl3FN2O2/c11-6-3-5(1-2-8(6)14)16-15-4-7(12)9(13)10(17)18/h1-4,16H,(H,17,18)/b9-7+,15-4?. The molecular formula is C10H6Cl3FN2O2. The van der Waals surface area contributed by atoms with Crippen molar-refractivity contribution in [1.29, 1.82) is 0 Å². The molecule has 0 aromatic heterocycles. The lowest BCUT2D eigenvalue weighted by Gasteiger charge is -2.01. The number of rotatable bonds is 4. The number of allylic oxidation sites excluding steroid dienone is 1. The fraction of sp³-hybridized carbons (Fsp3) is 0. The Kier molecular flexibility index (Phi) is 5.40. The summed E-state index contributed by atoms with van der Waals surface area (Å²) in [7, 11) is 0. The van der Waals surface area contributed by atoms with E-state index >= 15 is 0 Å². The van der Waals surface area contributed by atoms with Crippen LogP contribution in [0.2, 0.25) is 5.02 Å². The first-order chi connectivity index (χ1) is 8.41. The highest BCUT2D eigenvalue weighted by Crippen LogP contribution is 2.19. The number of nitrogens with one attached hydrogen (secondary N) is 1. The lowest BCUT2D eigenvalue weighted by Crippen LogP contribution is -1.98. The predicted octanol–water partition coefficient (Wildman–Crippen LogP) is 3.65. The van der Waals surface area contributed by atoms with Gasteiger partial charge in [0.2, 0.25) is 0 Å². The summed E-state index contributed by atoms with van der Waals surface area (Å²) >= 11 is 16.4. The Morgan fingerprint density at radius 2 is 2.11 bits per heavy atom. The number of nitrogens with zero attached hydrogens (tertiary/aromatic N) is 1. The van der Waals surface area contributed by atoms with Crippen molar-refractivity contribution in [3.63, 3.8) is 0 Å². The minimum absolute atomic E-state index is 0.0691. The van der Waals surface area contributed by atoms with Crippen molar-refractivity contribution in [1.82, 2.24) is 0 Å². The topological polar surface area (TPSA) is 61.7 Å². The van der Waals surface area contributed by atoms with E-state index in [-0.39, 0.29) is 10.1 Å². The number of carbonyl (C=O) groups is 1. The van der Waals surface area contributed by atoms with Crippen molar-refractivity contribution in [2.75, 3.05) is 5.43 Å². The molecule has 1 aromatic rings. The third-order valence-electron chi connectivity index (χ3n) is 1.69. The van der Waals surface area contributed by atoms with Gasteiger partial charge in [0.15, 0.2) is 0 Å². The molecule has 0 unspecified atom stereocenters. The van der Waals surface area contributed by atoms with Crippen LogP contribution in [0.25, 0.3) is 0 Å². The number of anilines is 1. The largest absolute Gasteiger partial charge is 0.477 e. The number of aliphatic carboxylic acids is 1. The molecule has 0 heterocycles. The van der Waals surface area contributed by atoms with Crippen molar-refractivity contribution in [2.45, 2.75) is 0 Å². The van der Waals surface area contributed by atoms with E-state index in [1.54, 1.807) is 0 Å². The van der Waals surface area contributed by atoms with Gasteiger partial charge in [0.05, 0.1) is 22.0 Å². The molecule has 0 fully saturated rings. The van der Waals surface area contributed by atoms with Gasteiger partial charge in [0, 0.05) is 0 Å². The lowest BCUT2D eigenvalue weighted by atomic mass is 10.3. The summed E-state index contributed by atoms with van der Waals surface area (Å²) in [5, 5.41) is 11.3. The molecule has 0 saturated heterocycles. The van der Waals surface area contributed by atoms with Crippen LogP contribution in [-0.2, 0) is 4.79 Å². The maximum absolute atomic E-state index is 12.8. The molecule has 0 aliphatic heterocycles. The fourth-order valence-electron chi connectivity index (χ4n) is 0.888. The second kappa shape index (κ2) is 6.58. The summed E-state index contributed by atoms with van der Waals surface area (Å²) < 4.78 is 12.8. The SMILES string of the molecule is O=C(O)/C(Cl)=C(\Cl)C=NNc1ccc(F)c(Cl)c1. The molecule has 2 N–H and O–H groups in total.